The van der Waals surface area contributed by atoms with Gasteiger partial charge in [-0.1, -0.05) is 12.1 Å². The quantitative estimate of drug-likeness (QED) is 0.788. The van der Waals surface area contributed by atoms with Crippen LogP contribution < -0.4 is 0 Å². The molecule has 2 fully saturated rings. The second-order valence-corrected chi connectivity index (χ2v) is 6.73. The Morgan fingerprint density at radius 1 is 1.04 bits per heavy atom. The number of hydrogen-bond acceptors (Lipinski definition) is 4. The topological polar surface area (TPSA) is 66.4 Å². The summed E-state index contributed by atoms with van der Waals surface area (Å²) in [5, 5.41) is 8.24. The number of piperazine rings is 1. The van der Waals surface area contributed by atoms with E-state index in [0.29, 0.717) is 30.0 Å². The van der Waals surface area contributed by atoms with E-state index in [9.17, 15) is 14.0 Å². The van der Waals surface area contributed by atoms with Gasteiger partial charge >= 0.3 is 11.8 Å². The van der Waals surface area contributed by atoms with Crippen LogP contribution in [0.4, 0.5) is 4.39 Å². The van der Waals surface area contributed by atoms with Gasteiger partial charge in [0.1, 0.15) is 5.82 Å². The van der Waals surface area contributed by atoms with Crippen LogP contribution in [0.1, 0.15) is 25.0 Å². The third-order valence-corrected chi connectivity index (χ3v) is 5.05. The molecule has 4 rings (SSSR count). The maximum atomic E-state index is 13.3. The minimum atomic E-state index is -0.473. The summed E-state index contributed by atoms with van der Waals surface area (Å²) in [6.45, 7) is 1.33. The summed E-state index contributed by atoms with van der Waals surface area (Å²) in [5.41, 5.74) is 1.80. The molecule has 2 heterocycles. The largest absolute Gasteiger partial charge is 0.330 e. The minimum Gasteiger partial charge on any atom is -0.330 e. The number of amides is 2. The first kappa shape index (κ1) is 16.6. The number of halogens is 1. The summed E-state index contributed by atoms with van der Waals surface area (Å²) in [7, 11) is 0. The van der Waals surface area contributed by atoms with Gasteiger partial charge in [0.25, 0.3) is 0 Å². The number of carbonyl (C=O) groups is 2. The van der Waals surface area contributed by atoms with E-state index in [0.717, 1.165) is 19.3 Å². The van der Waals surface area contributed by atoms with Crippen LogP contribution in [-0.4, -0.2) is 50.9 Å². The predicted octanol–water partition coefficient (Wildman–Crippen LogP) is 2.01. The Hall–Kier alpha value is -2.83. The van der Waals surface area contributed by atoms with Crippen LogP contribution in [0.3, 0.4) is 0 Å². The van der Waals surface area contributed by atoms with Gasteiger partial charge in [-0.2, -0.15) is 10.2 Å². The summed E-state index contributed by atoms with van der Waals surface area (Å²) in [6, 6.07) is 9.87. The van der Waals surface area contributed by atoms with Crippen LogP contribution in [0.2, 0.25) is 0 Å². The lowest BCUT2D eigenvalue weighted by molar-refractivity contribution is -0.159. The molecule has 134 valence electrons. The molecular weight excluding hydrogens is 335 g/mol. The fourth-order valence-corrected chi connectivity index (χ4v) is 3.33. The molecule has 0 N–H and O–H groups in total. The zero-order chi connectivity index (χ0) is 18.1. The molecule has 0 spiro atoms. The van der Waals surface area contributed by atoms with Crippen molar-refractivity contribution < 1.29 is 14.0 Å². The summed E-state index contributed by atoms with van der Waals surface area (Å²) in [4.78, 5) is 27.9. The Labute approximate surface area is 150 Å². The maximum Gasteiger partial charge on any atom is 0.312 e. The molecule has 1 saturated carbocycles. The van der Waals surface area contributed by atoms with Crippen LogP contribution in [0.15, 0.2) is 36.4 Å². The van der Waals surface area contributed by atoms with Crippen molar-refractivity contribution in [3.63, 3.8) is 0 Å². The molecule has 0 bridgehead atoms. The van der Waals surface area contributed by atoms with Crippen molar-refractivity contribution in [1.82, 2.24) is 20.0 Å². The van der Waals surface area contributed by atoms with E-state index < -0.39 is 11.8 Å². The number of carbonyl (C=O) groups excluding carboxylic acids is 2. The van der Waals surface area contributed by atoms with E-state index >= 15 is 0 Å². The second-order valence-electron chi connectivity index (χ2n) is 6.73. The molecule has 1 aliphatic carbocycles. The first-order valence-electron chi connectivity index (χ1n) is 8.80. The highest BCUT2D eigenvalue weighted by Gasteiger charge is 2.38. The van der Waals surface area contributed by atoms with E-state index in [4.69, 9.17) is 0 Å². The van der Waals surface area contributed by atoms with Crippen molar-refractivity contribution in [1.29, 1.82) is 0 Å². The first-order chi connectivity index (χ1) is 12.6. The molecule has 1 aromatic carbocycles. The normalized spacial score (nSPS) is 18.2. The molecule has 0 atom stereocenters. The maximum absolute atomic E-state index is 13.3. The number of aromatic nitrogens is 2. The summed E-state index contributed by atoms with van der Waals surface area (Å²) < 4.78 is 13.3. The molecule has 2 aromatic rings. The van der Waals surface area contributed by atoms with Crippen molar-refractivity contribution in [2.75, 3.05) is 13.1 Å². The van der Waals surface area contributed by atoms with E-state index in [2.05, 4.69) is 10.2 Å². The Balaban J connectivity index is 1.43. The Bertz CT molecular complexity index is 836. The van der Waals surface area contributed by atoms with Gasteiger partial charge in [-0.15, -0.1) is 0 Å². The summed E-state index contributed by atoms with van der Waals surface area (Å²) in [6.07, 6.45) is 3.11. The highest BCUT2D eigenvalue weighted by atomic mass is 19.1. The van der Waals surface area contributed by atoms with E-state index in [-0.39, 0.29) is 18.4 Å². The SMILES string of the molecule is O=C1C(=O)N(C2CCC2)CCN1Cc1ccc(-c2cccc(F)c2)nn1. The Kier molecular flexibility index (Phi) is 4.36. The highest BCUT2D eigenvalue weighted by molar-refractivity contribution is 6.35. The molecule has 1 saturated heterocycles. The molecule has 1 aromatic heterocycles. The van der Waals surface area contributed by atoms with Crippen molar-refractivity contribution in [3.05, 3.63) is 47.9 Å². The fraction of sp³-hybridized carbons (Fsp3) is 0.368. The molecular formula is C19H19FN4O2. The molecule has 2 amide bonds. The van der Waals surface area contributed by atoms with E-state index in [1.54, 1.807) is 29.2 Å². The van der Waals surface area contributed by atoms with Crippen molar-refractivity contribution in [2.24, 2.45) is 0 Å². The average Bonchev–Trinajstić information content (AvgIpc) is 2.60. The lowest BCUT2D eigenvalue weighted by atomic mass is 9.91. The first-order valence-corrected chi connectivity index (χ1v) is 8.80. The number of benzene rings is 1. The molecule has 1 aliphatic heterocycles. The van der Waals surface area contributed by atoms with Gasteiger partial charge in [0.15, 0.2) is 0 Å². The molecule has 2 aliphatic rings. The standard InChI is InChI=1S/C19H19FN4O2/c20-14-4-1-3-13(11-14)17-8-7-15(21-22-17)12-23-9-10-24(16-5-2-6-16)19(26)18(23)25/h1,3-4,7-8,11,16H,2,5-6,9-10,12H2. The van der Waals surface area contributed by atoms with Crippen LogP contribution >= 0.6 is 0 Å². The van der Waals surface area contributed by atoms with Gasteiger partial charge in [-0.05, 0) is 43.5 Å². The minimum absolute atomic E-state index is 0.235. The van der Waals surface area contributed by atoms with Crippen LogP contribution in [0.25, 0.3) is 11.3 Å². The molecule has 0 radical (unpaired) electrons. The van der Waals surface area contributed by atoms with Gasteiger partial charge in [0, 0.05) is 24.7 Å². The van der Waals surface area contributed by atoms with Gasteiger partial charge < -0.3 is 9.80 Å². The van der Waals surface area contributed by atoms with Gasteiger partial charge in [-0.25, -0.2) is 4.39 Å². The van der Waals surface area contributed by atoms with Gasteiger partial charge in [0.05, 0.1) is 17.9 Å². The van der Waals surface area contributed by atoms with Gasteiger partial charge in [-0.3, -0.25) is 9.59 Å². The Morgan fingerprint density at radius 3 is 2.54 bits per heavy atom. The molecule has 26 heavy (non-hydrogen) atoms. The van der Waals surface area contributed by atoms with Gasteiger partial charge in [0.2, 0.25) is 0 Å². The lowest BCUT2D eigenvalue weighted by Crippen LogP contribution is -2.58. The third kappa shape index (κ3) is 3.16. The van der Waals surface area contributed by atoms with Crippen LogP contribution in [0.5, 0.6) is 0 Å². The molecule has 7 heteroatoms. The zero-order valence-corrected chi connectivity index (χ0v) is 14.3. The Morgan fingerprint density at radius 2 is 1.88 bits per heavy atom. The monoisotopic (exact) mass is 354 g/mol. The summed E-state index contributed by atoms with van der Waals surface area (Å²) in [5.74, 6) is -1.22. The van der Waals surface area contributed by atoms with Crippen molar-refractivity contribution >= 4 is 11.8 Å². The molecule has 0 unspecified atom stereocenters. The van der Waals surface area contributed by atoms with Crippen LogP contribution in [-0.2, 0) is 16.1 Å². The summed E-state index contributed by atoms with van der Waals surface area (Å²) >= 11 is 0. The lowest BCUT2D eigenvalue weighted by Gasteiger charge is -2.42. The number of hydrogen-bond donors (Lipinski definition) is 0. The smallest absolute Gasteiger partial charge is 0.312 e. The predicted molar refractivity (Wildman–Crippen MR) is 92.2 cm³/mol. The zero-order valence-electron chi connectivity index (χ0n) is 14.3. The van der Waals surface area contributed by atoms with E-state index in [1.165, 1.54) is 17.0 Å². The second kappa shape index (κ2) is 6.82. The average molecular weight is 354 g/mol. The van der Waals surface area contributed by atoms with Crippen molar-refractivity contribution in [3.8, 4) is 11.3 Å². The van der Waals surface area contributed by atoms with Crippen LogP contribution in [0, 0.1) is 5.82 Å². The number of nitrogens with zero attached hydrogens (tertiary/aromatic N) is 4. The fourth-order valence-electron chi connectivity index (χ4n) is 3.33. The number of rotatable bonds is 4. The highest BCUT2D eigenvalue weighted by Crippen LogP contribution is 2.26. The van der Waals surface area contributed by atoms with E-state index in [1.807, 2.05) is 0 Å². The third-order valence-electron chi connectivity index (χ3n) is 5.05. The van der Waals surface area contributed by atoms with Crippen molar-refractivity contribution in [2.45, 2.75) is 31.8 Å². The molecule has 6 nitrogen and oxygen atoms in total.